The number of aromatic nitrogens is 2. The van der Waals surface area contributed by atoms with Crippen LogP contribution in [0.5, 0.6) is 0 Å². The zero-order valence-electron chi connectivity index (χ0n) is 24.4. The summed E-state index contributed by atoms with van der Waals surface area (Å²) in [6, 6.07) is 18.5. The lowest BCUT2D eigenvalue weighted by Gasteiger charge is -2.25. The maximum atomic E-state index is 15.3. The van der Waals surface area contributed by atoms with Crippen molar-refractivity contribution in [3.8, 4) is 5.69 Å². The van der Waals surface area contributed by atoms with Gasteiger partial charge in [0.15, 0.2) is 0 Å². The van der Waals surface area contributed by atoms with E-state index in [0.29, 0.717) is 11.4 Å². The quantitative estimate of drug-likeness (QED) is 0.277. The molecule has 3 aromatic carbocycles. The van der Waals surface area contributed by atoms with Crippen molar-refractivity contribution in [3.05, 3.63) is 112 Å². The first-order valence-electron chi connectivity index (χ1n) is 13.8. The number of nitrogens with one attached hydrogen (secondary N) is 1. The predicted octanol–water partition coefficient (Wildman–Crippen LogP) is 6.55. The highest BCUT2D eigenvalue weighted by atomic mass is 32.2. The van der Waals surface area contributed by atoms with Crippen LogP contribution in [0.3, 0.4) is 0 Å². The highest BCUT2D eigenvalue weighted by Gasteiger charge is 2.40. The second kappa shape index (κ2) is 11.7. The fourth-order valence-corrected chi connectivity index (χ4v) is 6.44. The topological polar surface area (TPSA) is 67.2 Å². The molecular weight excluding hydrogens is 554 g/mol. The molecule has 2 amide bonds. The summed E-state index contributed by atoms with van der Waals surface area (Å²) < 4.78 is 30.4. The average Bonchev–Trinajstić information content (AvgIpc) is 3.26. The van der Waals surface area contributed by atoms with Crippen LogP contribution in [0.1, 0.15) is 59.5 Å². The zero-order chi connectivity index (χ0) is 30.2. The minimum absolute atomic E-state index is 0.0510. The van der Waals surface area contributed by atoms with E-state index in [9.17, 15) is 14.0 Å². The Balaban J connectivity index is 1.66. The molecule has 6 nitrogen and oxygen atoms in total. The number of benzene rings is 3. The number of hydrogen-bond acceptors (Lipinski definition) is 4. The molecule has 1 aliphatic rings. The van der Waals surface area contributed by atoms with E-state index in [-0.39, 0.29) is 42.3 Å². The third kappa shape index (κ3) is 5.97. The summed E-state index contributed by atoms with van der Waals surface area (Å²) >= 11 is 1.34. The second-order valence-corrected chi connectivity index (χ2v) is 12.7. The minimum Gasteiger partial charge on any atom is -0.350 e. The van der Waals surface area contributed by atoms with Crippen LogP contribution in [0.25, 0.3) is 5.69 Å². The maximum Gasteiger partial charge on any atom is 0.240 e. The van der Waals surface area contributed by atoms with E-state index in [0.717, 1.165) is 33.6 Å². The summed E-state index contributed by atoms with van der Waals surface area (Å²) in [7, 11) is 0. The van der Waals surface area contributed by atoms with E-state index in [1.54, 1.807) is 35.0 Å². The first kappa shape index (κ1) is 29.5. The molecule has 0 aliphatic carbocycles. The fourth-order valence-electron chi connectivity index (χ4n) is 5.22. The van der Waals surface area contributed by atoms with Crippen molar-refractivity contribution in [2.24, 2.45) is 0 Å². The van der Waals surface area contributed by atoms with Crippen molar-refractivity contribution in [3.63, 3.8) is 0 Å². The van der Waals surface area contributed by atoms with Gasteiger partial charge in [-0.25, -0.2) is 13.5 Å². The number of nitrogens with zero attached hydrogens (tertiary/aromatic N) is 3. The Hall–Kier alpha value is -3.98. The second-order valence-electron chi connectivity index (χ2n) is 11.6. The summed E-state index contributed by atoms with van der Waals surface area (Å²) in [4.78, 5) is 28.6. The van der Waals surface area contributed by atoms with Crippen LogP contribution < -0.4 is 10.2 Å². The molecule has 2 heterocycles. The van der Waals surface area contributed by atoms with E-state index in [1.807, 2.05) is 52.8 Å². The molecular formula is C33H34F2N4O2S. The van der Waals surface area contributed by atoms with Gasteiger partial charge in [0.2, 0.25) is 11.8 Å². The van der Waals surface area contributed by atoms with Crippen molar-refractivity contribution in [1.82, 2.24) is 15.1 Å². The Morgan fingerprint density at radius 3 is 2.43 bits per heavy atom. The number of carbonyl (C=O) groups is 2. The van der Waals surface area contributed by atoms with E-state index in [4.69, 9.17) is 5.10 Å². The number of rotatable bonds is 6. The Morgan fingerprint density at radius 2 is 1.76 bits per heavy atom. The van der Waals surface area contributed by atoms with Crippen molar-refractivity contribution < 1.29 is 18.4 Å². The molecule has 0 radical (unpaired) electrons. The first-order valence-corrected chi connectivity index (χ1v) is 14.9. The summed E-state index contributed by atoms with van der Waals surface area (Å²) in [5.74, 6) is -0.855. The monoisotopic (exact) mass is 588 g/mol. The molecule has 0 fully saturated rings. The third-order valence-electron chi connectivity index (χ3n) is 7.27. The first-order chi connectivity index (χ1) is 19.9. The van der Waals surface area contributed by atoms with Crippen molar-refractivity contribution >= 4 is 29.4 Å². The Labute approximate surface area is 249 Å². The molecule has 0 unspecified atom stereocenters. The lowest BCUT2D eigenvalue weighted by Crippen LogP contribution is -2.42. The molecule has 4 aromatic rings. The summed E-state index contributed by atoms with van der Waals surface area (Å²) in [6.07, 6.45) is 0. The summed E-state index contributed by atoms with van der Waals surface area (Å²) in [5.41, 5.74) is 4.99. The molecule has 0 bridgehead atoms. The standard InChI is InChI=1S/C33H34F2N4O2S/c1-20-10-15-26(21(2)16-20)39-32-29(31(37-39)33(3,4)5)30(24-8-6-7-9-25(24)35)42-19-28(41)38(32)18-27(40)36-17-22-11-13-23(34)14-12-22/h6-16,30H,17-19H2,1-5H3,(H,36,40)/t30-/m0/s1. The van der Waals surface area contributed by atoms with Gasteiger partial charge in [0.1, 0.15) is 24.0 Å². The summed E-state index contributed by atoms with van der Waals surface area (Å²) in [6.45, 7) is 10.0. The van der Waals surface area contributed by atoms with E-state index in [1.165, 1.54) is 34.9 Å². The SMILES string of the molecule is Cc1ccc(-n2nc(C(C)(C)C)c3c2N(CC(=O)NCc2ccc(F)cc2)C(=O)CS[C@H]3c2ccccc2F)c(C)c1. The van der Waals surface area contributed by atoms with Crippen LogP contribution in [-0.2, 0) is 21.5 Å². The molecule has 1 atom stereocenters. The van der Waals surface area contributed by atoms with Gasteiger partial charge in [0.25, 0.3) is 0 Å². The van der Waals surface area contributed by atoms with Gasteiger partial charge in [0, 0.05) is 23.1 Å². The van der Waals surface area contributed by atoms with Crippen LogP contribution in [0.15, 0.2) is 66.7 Å². The van der Waals surface area contributed by atoms with Gasteiger partial charge < -0.3 is 5.32 Å². The Kier molecular flexibility index (Phi) is 8.23. The summed E-state index contributed by atoms with van der Waals surface area (Å²) in [5, 5.41) is 7.42. The minimum atomic E-state index is -0.522. The highest BCUT2D eigenvalue weighted by molar-refractivity contribution is 8.00. The van der Waals surface area contributed by atoms with Crippen LogP contribution in [0, 0.1) is 25.5 Å². The lowest BCUT2D eigenvalue weighted by molar-refractivity contribution is -0.123. The van der Waals surface area contributed by atoms with Gasteiger partial charge in [-0.3, -0.25) is 14.5 Å². The molecule has 42 heavy (non-hydrogen) atoms. The number of carbonyl (C=O) groups excluding carboxylic acids is 2. The number of halogens is 2. The number of hydrogen-bond donors (Lipinski definition) is 1. The van der Waals surface area contributed by atoms with Crippen LogP contribution in [-0.4, -0.2) is 33.9 Å². The molecule has 9 heteroatoms. The van der Waals surface area contributed by atoms with Gasteiger partial charge >= 0.3 is 0 Å². The number of aryl methyl sites for hydroxylation is 2. The Morgan fingerprint density at radius 1 is 1.05 bits per heavy atom. The van der Waals surface area contributed by atoms with Crippen molar-refractivity contribution in [2.45, 2.75) is 51.8 Å². The Bertz CT molecular complexity index is 1640. The molecule has 1 aromatic heterocycles. The lowest BCUT2D eigenvalue weighted by atomic mass is 9.87. The van der Waals surface area contributed by atoms with E-state index >= 15 is 4.39 Å². The largest absolute Gasteiger partial charge is 0.350 e. The number of amides is 2. The molecule has 1 aliphatic heterocycles. The molecule has 5 rings (SSSR count). The molecule has 1 N–H and O–H groups in total. The number of fused-ring (bicyclic) bond motifs is 1. The van der Waals surface area contributed by atoms with Gasteiger partial charge in [-0.1, -0.05) is 68.8 Å². The van der Waals surface area contributed by atoms with Gasteiger partial charge in [0.05, 0.1) is 22.4 Å². The van der Waals surface area contributed by atoms with Crippen molar-refractivity contribution in [2.75, 3.05) is 17.2 Å². The maximum absolute atomic E-state index is 15.3. The molecule has 218 valence electrons. The smallest absolute Gasteiger partial charge is 0.240 e. The zero-order valence-corrected chi connectivity index (χ0v) is 25.2. The van der Waals surface area contributed by atoms with Gasteiger partial charge in [-0.15, -0.1) is 11.8 Å². The third-order valence-corrected chi connectivity index (χ3v) is 8.51. The van der Waals surface area contributed by atoms with Gasteiger partial charge in [-0.05, 0) is 49.2 Å². The van der Waals surface area contributed by atoms with Crippen LogP contribution in [0.2, 0.25) is 0 Å². The average molecular weight is 589 g/mol. The predicted molar refractivity (Wildman–Crippen MR) is 163 cm³/mol. The van der Waals surface area contributed by atoms with E-state index < -0.39 is 10.7 Å². The number of thioether (sulfide) groups is 1. The van der Waals surface area contributed by atoms with Gasteiger partial charge in [-0.2, -0.15) is 5.10 Å². The normalized spacial score (nSPS) is 15.4. The van der Waals surface area contributed by atoms with Crippen molar-refractivity contribution in [1.29, 1.82) is 0 Å². The fraction of sp³-hybridized carbons (Fsp3) is 0.303. The highest BCUT2D eigenvalue weighted by Crippen LogP contribution is 2.49. The van der Waals surface area contributed by atoms with Crippen LogP contribution >= 0.6 is 11.8 Å². The van der Waals surface area contributed by atoms with Crippen LogP contribution in [0.4, 0.5) is 14.6 Å². The molecule has 0 saturated carbocycles. The van der Waals surface area contributed by atoms with E-state index in [2.05, 4.69) is 5.32 Å². The number of anilines is 1. The molecule has 0 saturated heterocycles. The molecule has 0 spiro atoms.